The van der Waals surface area contributed by atoms with E-state index in [1.807, 2.05) is 38.1 Å². The van der Waals surface area contributed by atoms with Gasteiger partial charge in [0.25, 0.3) is 0 Å². The molecule has 4 nitrogen and oxygen atoms in total. The predicted octanol–water partition coefficient (Wildman–Crippen LogP) is 4.76. The first kappa shape index (κ1) is 18.5. The van der Waals surface area contributed by atoms with Crippen molar-refractivity contribution in [2.24, 2.45) is 0 Å². The molecule has 0 spiro atoms. The smallest absolute Gasteiger partial charge is 0.336 e. The van der Waals surface area contributed by atoms with Crippen LogP contribution in [-0.4, -0.2) is 18.4 Å². The van der Waals surface area contributed by atoms with Crippen molar-refractivity contribution in [3.63, 3.8) is 0 Å². The minimum Gasteiger partial charge on any atom is -0.462 e. The maximum atomic E-state index is 13.0. The van der Waals surface area contributed by atoms with Crippen LogP contribution in [0.3, 0.4) is 0 Å². The van der Waals surface area contributed by atoms with Crippen LogP contribution in [0.4, 0.5) is 0 Å². The quantitative estimate of drug-likeness (QED) is 0.783. The number of nitrogens with one attached hydrogen (secondary N) is 1. The van der Waals surface area contributed by atoms with Crippen LogP contribution in [0.15, 0.2) is 65.0 Å². The Morgan fingerprint density at radius 1 is 1.14 bits per heavy atom. The molecule has 0 saturated heterocycles. The van der Waals surface area contributed by atoms with Crippen LogP contribution >= 0.6 is 0 Å². The molecule has 2 aromatic carbocycles. The van der Waals surface area contributed by atoms with E-state index < -0.39 is 0 Å². The molecule has 0 saturated carbocycles. The molecule has 0 aromatic heterocycles. The van der Waals surface area contributed by atoms with Gasteiger partial charge in [0, 0.05) is 29.3 Å². The lowest BCUT2D eigenvalue weighted by Gasteiger charge is -2.34. The van der Waals surface area contributed by atoms with Crippen molar-refractivity contribution >= 4 is 22.5 Å². The monoisotopic (exact) mass is 375 g/mol. The molecule has 1 atom stereocenters. The number of Topliss-reactive ketones (excluding diaryl/α,β-unsaturated/α-hetero) is 1. The molecule has 1 unspecified atom stereocenters. The number of hydrogen-bond acceptors (Lipinski definition) is 4. The second kappa shape index (κ2) is 7.63. The largest absolute Gasteiger partial charge is 0.462 e. The highest BCUT2D eigenvalue weighted by Crippen LogP contribution is 2.44. The Balaban J connectivity index is 1.93. The standard InChI is InChI=1S/C24H25NO3/c1-3-14-28-24(27)21-15(2)25-19-12-7-13-20(26)23(19)22(21)18-11-6-9-16-8-4-5-10-17(16)18/h4-6,8-11,22,25H,3,7,12-14H2,1-2H3. The van der Waals surface area contributed by atoms with Crippen molar-refractivity contribution in [2.45, 2.75) is 45.4 Å². The molecule has 0 radical (unpaired) electrons. The molecular formula is C24H25NO3. The molecule has 1 heterocycles. The van der Waals surface area contributed by atoms with Gasteiger partial charge in [-0.25, -0.2) is 4.79 Å². The molecule has 0 fully saturated rings. The molecule has 0 bridgehead atoms. The Kier molecular flexibility index (Phi) is 5.03. The van der Waals surface area contributed by atoms with Gasteiger partial charge in [0.05, 0.1) is 12.2 Å². The van der Waals surface area contributed by atoms with E-state index >= 15 is 0 Å². The number of rotatable bonds is 4. The maximum absolute atomic E-state index is 13.0. The lowest BCUT2D eigenvalue weighted by molar-refractivity contribution is -0.139. The van der Waals surface area contributed by atoms with Gasteiger partial charge in [-0.1, -0.05) is 49.4 Å². The van der Waals surface area contributed by atoms with Gasteiger partial charge >= 0.3 is 5.97 Å². The van der Waals surface area contributed by atoms with E-state index in [2.05, 4.69) is 23.5 Å². The topological polar surface area (TPSA) is 55.4 Å². The molecule has 4 heteroatoms. The molecule has 1 aliphatic heterocycles. The number of ether oxygens (including phenoxy) is 1. The summed E-state index contributed by atoms with van der Waals surface area (Å²) in [6.45, 7) is 4.25. The third-order valence-corrected chi connectivity index (χ3v) is 5.57. The fourth-order valence-corrected chi connectivity index (χ4v) is 4.34. The highest BCUT2D eigenvalue weighted by atomic mass is 16.5. The number of carbonyl (C=O) groups excluding carboxylic acids is 2. The normalized spacial score (nSPS) is 19.5. The maximum Gasteiger partial charge on any atom is 0.336 e. The minimum atomic E-state index is -0.389. The summed E-state index contributed by atoms with van der Waals surface area (Å²) < 4.78 is 5.51. The summed E-state index contributed by atoms with van der Waals surface area (Å²) in [5, 5.41) is 5.51. The second-order valence-corrected chi connectivity index (χ2v) is 7.47. The first-order chi connectivity index (χ1) is 13.6. The Labute approximate surface area is 165 Å². The van der Waals surface area contributed by atoms with E-state index in [4.69, 9.17) is 4.74 Å². The van der Waals surface area contributed by atoms with E-state index in [-0.39, 0.29) is 17.7 Å². The summed E-state index contributed by atoms with van der Waals surface area (Å²) in [7, 11) is 0. The van der Waals surface area contributed by atoms with Gasteiger partial charge in [-0.3, -0.25) is 4.79 Å². The summed E-state index contributed by atoms with van der Waals surface area (Å²) in [5.74, 6) is -0.603. The number of carbonyl (C=O) groups is 2. The van der Waals surface area contributed by atoms with E-state index in [1.54, 1.807) is 0 Å². The summed E-state index contributed by atoms with van der Waals surface area (Å²) >= 11 is 0. The molecule has 1 N–H and O–H groups in total. The number of benzene rings is 2. The number of dihydropyridines is 1. The fraction of sp³-hybridized carbons (Fsp3) is 0.333. The fourth-order valence-electron chi connectivity index (χ4n) is 4.34. The summed E-state index contributed by atoms with van der Waals surface area (Å²) in [5.41, 5.74) is 4.02. The first-order valence-corrected chi connectivity index (χ1v) is 10.0. The van der Waals surface area contributed by atoms with E-state index in [0.717, 1.165) is 52.6 Å². The van der Waals surface area contributed by atoms with Crippen LogP contribution in [0.5, 0.6) is 0 Å². The lowest BCUT2D eigenvalue weighted by Crippen LogP contribution is -2.34. The van der Waals surface area contributed by atoms with Gasteiger partial charge in [0.1, 0.15) is 0 Å². The van der Waals surface area contributed by atoms with Gasteiger partial charge in [-0.05, 0) is 42.5 Å². The molecule has 1 aliphatic carbocycles. The molecule has 0 amide bonds. The van der Waals surface area contributed by atoms with E-state index in [9.17, 15) is 9.59 Å². The highest BCUT2D eigenvalue weighted by Gasteiger charge is 2.39. The summed E-state index contributed by atoms with van der Waals surface area (Å²) in [6, 6.07) is 14.2. The number of ketones is 1. The van der Waals surface area contributed by atoms with Crippen LogP contribution in [0, 0.1) is 0 Å². The van der Waals surface area contributed by atoms with Crippen molar-refractivity contribution in [1.82, 2.24) is 5.32 Å². The first-order valence-electron chi connectivity index (χ1n) is 10.0. The molecular weight excluding hydrogens is 350 g/mol. The zero-order valence-electron chi connectivity index (χ0n) is 16.4. The Bertz CT molecular complexity index is 1010. The Morgan fingerprint density at radius 3 is 2.75 bits per heavy atom. The van der Waals surface area contributed by atoms with Crippen molar-refractivity contribution in [1.29, 1.82) is 0 Å². The van der Waals surface area contributed by atoms with Crippen molar-refractivity contribution in [3.05, 3.63) is 70.6 Å². The van der Waals surface area contributed by atoms with E-state index in [0.29, 0.717) is 18.6 Å². The van der Waals surface area contributed by atoms with Crippen molar-refractivity contribution in [2.75, 3.05) is 6.61 Å². The average Bonchev–Trinajstić information content (AvgIpc) is 2.71. The van der Waals surface area contributed by atoms with Gasteiger partial charge in [-0.2, -0.15) is 0 Å². The number of fused-ring (bicyclic) bond motifs is 1. The molecule has 28 heavy (non-hydrogen) atoms. The minimum absolute atomic E-state index is 0.125. The average molecular weight is 375 g/mol. The lowest BCUT2D eigenvalue weighted by atomic mass is 9.74. The predicted molar refractivity (Wildman–Crippen MR) is 110 cm³/mol. The van der Waals surface area contributed by atoms with Gasteiger partial charge in [-0.15, -0.1) is 0 Å². The third-order valence-electron chi connectivity index (χ3n) is 5.57. The van der Waals surface area contributed by atoms with Crippen molar-refractivity contribution in [3.8, 4) is 0 Å². The SMILES string of the molecule is CCCOC(=O)C1=C(C)NC2=C(C(=O)CCC2)C1c1cccc2ccccc12. The summed E-state index contributed by atoms with van der Waals surface area (Å²) in [4.78, 5) is 26.0. The zero-order valence-corrected chi connectivity index (χ0v) is 16.4. The molecule has 144 valence electrons. The van der Waals surface area contributed by atoms with Crippen LogP contribution in [0.2, 0.25) is 0 Å². The highest BCUT2D eigenvalue weighted by molar-refractivity contribution is 6.05. The third kappa shape index (κ3) is 3.13. The van der Waals surface area contributed by atoms with E-state index in [1.165, 1.54) is 0 Å². The van der Waals surface area contributed by atoms with Gasteiger partial charge in [0.2, 0.25) is 0 Å². The van der Waals surface area contributed by atoms with Crippen LogP contribution in [0.1, 0.15) is 51.0 Å². The Morgan fingerprint density at radius 2 is 1.93 bits per heavy atom. The molecule has 4 rings (SSSR count). The van der Waals surface area contributed by atoms with Crippen LogP contribution < -0.4 is 5.32 Å². The Hall–Kier alpha value is -2.88. The molecule has 2 aromatic rings. The zero-order chi connectivity index (χ0) is 19.7. The number of esters is 1. The summed E-state index contributed by atoms with van der Waals surface area (Å²) in [6.07, 6.45) is 2.96. The van der Waals surface area contributed by atoms with Gasteiger partial charge < -0.3 is 10.1 Å². The van der Waals surface area contributed by atoms with Crippen LogP contribution in [-0.2, 0) is 14.3 Å². The van der Waals surface area contributed by atoms with Crippen LogP contribution in [0.25, 0.3) is 10.8 Å². The van der Waals surface area contributed by atoms with Gasteiger partial charge in [0.15, 0.2) is 5.78 Å². The number of allylic oxidation sites excluding steroid dienone is 3. The second-order valence-electron chi connectivity index (χ2n) is 7.47. The molecule has 2 aliphatic rings. The van der Waals surface area contributed by atoms with Crippen molar-refractivity contribution < 1.29 is 14.3 Å². The number of hydrogen-bond donors (Lipinski definition) is 1.